The van der Waals surface area contributed by atoms with Gasteiger partial charge in [-0.1, -0.05) is 13.8 Å². The summed E-state index contributed by atoms with van der Waals surface area (Å²) in [6, 6.07) is 0. The zero-order valence-corrected chi connectivity index (χ0v) is 7.71. The fourth-order valence-electron chi connectivity index (χ4n) is 1.52. The van der Waals surface area contributed by atoms with Crippen LogP contribution in [0.4, 0.5) is 0 Å². The van der Waals surface area contributed by atoms with Crippen LogP contribution in [0.3, 0.4) is 0 Å². The summed E-state index contributed by atoms with van der Waals surface area (Å²) in [6.45, 7) is 9.37. The summed E-state index contributed by atoms with van der Waals surface area (Å²) in [5, 5.41) is 0. The summed E-state index contributed by atoms with van der Waals surface area (Å²) >= 11 is 0. The first-order chi connectivity index (χ1) is 5.36. The first kappa shape index (κ1) is 9.08. The van der Waals surface area contributed by atoms with Gasteiger partial charge in [0.2, 0.25) is 0 Å². The maximum atomic E-state index is 2.41. The second-order valence-corrected chi connectivity index (χ2v) is 3.19. The number of nitrogens with zero attached hydrogens (tertiary/aromatic N) is 2. The first-order valence-electron chi connectivity index (χ1n) is 4.70. The third kappa shape index (κ3) is 2.84. The van der Waals surface area contributed by atoms with E-state index < -0.39 is 0 Å². The molecule has 0 aromatic carbocycles. The molecule has 0 N–H and O–H groups in total. The van der Waals surface area contributed by atoms with Crippen LogP contribution in [0.1, 0.15) is 26.7 Å². The molecule has 11 heavy (non-hydrogen) atoms. The Morgan fingerprint density at radius 3 is 1.82 bits per heavy atom. The smallest absolute Gasteiger partial charge is 0.313 e. The first-order valence-corrected chi connectivity index (χ1v) is 4.70. The van der Waals surface area contributed by atoms with Crippen LogP contribution in [-0.2, 0) is 0 Å². The molecule has 1 fully saturated rings. The van der Waals surface area contributed by atoms with E-state index in [2.05, 4.69) is 31.0 Å². The van der Waals surface area contributed by atoms with E-state index in [9.17, 15) is 0 Å². The third-order valence-corrected chi connectivity index (χ3v) is 2.02. The normalized spacial score (nSPS) is 20.5. The molecule has 0 aliphatic carbocycles. The molecule has 0 saturated carbocycles. The Morgan fingerprint density at radius 1 is 1.00 bits per heavy atom. The predicted octanol–water partition coefficient (Wildman–Crippen LogP) is 0.958. The molecule has 3 heteroatoms. The van der Waals surface area contributed by atoms with Crippen molar-refractivity contribution in [1.82, 2.24) is 9.62 Å². The molecule has 0 aromatic heterocycles. The maximum absolute atomic E-state index is 2.41. The predicted molar refractivity (Wildman–Crippen MR) is 49.5 cm³/mol. The van der Waals surface area contributed by atoms with E-state index in [0.717, 1.165) is 0 Å². The Balaban J connectivity index is 2.12. The lowest BCUT2D eigenvalue weighted by atomic mass is 10.1. The Bertz CT molecular complexity index is 96.3. The molecule has 1 saturated heterocycles. The lowest BCUT2D eigenvalue weighted by Gasteiger charge is -2.13. The molecule has 1 rings (SSSR count). The highest BCUT2D eigenvalue weighted by atomic mass is 15.3. The molecular formula is C8H18BN2. The van der Waals surface area contributed by atoms with Crippen LogP contribution in [0.5, 0.6) is 0 Å². The number of hydrogen-bond donors (Lipinski definition) is 0. The van der Waals surface area contributed by atoms with E-state index in [1.54, 1.807) is 0 Å². The van der Waals surface area contributed by atoms with Crippen LogP contribution < -0.4 is 0 Å². The molecule has 0 atom stereocenters. The van der Waals surface area contributed by atoms with Gasteiger partial charge < -0.3 is 9.62 Å². The van der Waals surface area contributed by atoms with Crippen molar-refractivity contribution >= 4 is 7.55 Å². The summed E-state index contributed by atoms with van der Waals surface area (Å²) in [7, 11) is 2.28. The minimum atomic E-state index is 1.22. The summed E-state index contributed by atoms with van der Waals surface area (Å²) in [5.74, 6) is 0. The van der Waals surface area contributed by atoms with Crippen molar-refractivity contribution in [3.05, 3.63) is 0 Å². The summed E-state index contributed by atoms with van der Waals surface area (Å²) < 4.78 is 0. The summed E-state index contributed by atoms with van der Waals surface area (Å²) in [5.41, 5.74) is 0. The molecule has 0 bridgehead atoms. The van der Waals surface area contributed by atoms with Crippen LogP contribution in [0.2, 0.25) is 0 Å². The Hall–Kier alpha value is -0.0151. The van der Waals surface area contributed by atoms with Gasteiger partial charge in [-0.25, -0.2) is 0 Å². The number of rotatable bonds is 4. The van der Waals surface area contributed by atoms with Crippen LogP contribution in [0.25, 0.3) is 0 Å². The average molecular weight is 153 g/mol. The van der Waals surface area contributed by atoms with Gasteiger partial charge in [-0.15, -0.1) is 0 Å². The van der Waals surface area contributed by atoms with Gasteiger partial charge in [0.1, 0.15) is 0 Å². The van der Waals surface area contributed by atoms with E-state index in [1.165, 1.54) is 39.0 Å². The average Bonchev–Trinajstić information content (AvgIpc) is 2.38. The molecule has 63 valence electrons. The Morgan fingerprint density at radius 2 is 1.45 bits per heavy atom. The highest BCUT2D eigenvalue weighted by molar-refractivity contribution is 6.29. The van der Waals surface area contributed by atoms with Crippen molar-refractivity contribution in [2.24, 2.45) is 0 Å². The fourth-order valence-corrected chi connectivity index (χ4v) is 1.52. The van der Waals surface area contributed by atoms with Gasteiger partial charge >= 0.3 is 7.55 Å². The number of hydrogen-bond acceptors (Lipinski definition) is 2. The monoisotopic (exact) mass is 153 g/mol. The maximum Gasteiger partial charge on any atom is 0.313 e. The van der Waals surface area contributed by atoms with Gasteiger partial charge in [-0.3, -0.25) is 0 Å². The molecule has 0 aromatic rings. The molecule has 0 amide bonds. The second kappa shape index (κ2) is 4.78. The van der Waals surface area contributed by atoms with Crippen molar-refractivity contribution in [1.29, 1.82) is 0 Å². The minimum Gasteiger partial charge on any atom is -0.331 e. The molecular weight excluding hydrogens is 135 g/mol. The molecule has 1 aliphatic heterocycles. The standard InChI is InChI=1S/C8H18BN2/c1-3-5-10-7-8-11(9-10)6-4-2/h3-8H2,1-2H3. The Labute approximate surface area is 70.8 Å². The molecule has 0 spiro atoms. The van der Waals surface area contributed by atoms with Gasteiger partial charge in [0.25, 0.3) is 0 Å². The van der Waals surface area contributed by atoms with Crippen molar-refractivity contribution < 1.29 is 0 Å². The van der Waals surface area contributed by atoms with Crippen LogP contribution in [-0.4, -0.2) is 43.4 Å². The quantitative estimate of drug-likeness (QED) is 0.555. The van der Waals surface area contributed by atoms with Gasteiger partial charge in [0.15, 0.2) is 0 Å². The van der Waals surface area contributed by atoms with Crippen molar-refractivity contribution in [3.8, 4) is 0 Å². The van der Waals surface area contributed by atoms with Gasteiger partial charge in [-0.05, 0) is 39.0 Å². The summed E-state index contributed by atoms with van der Waals surface area (Å²) in [6.07, 6.45) is 2.52. The molecule has 0 unspecified atom stereocenters. The third-order valence-electron chi connectivity index (χ3n) is 2.02. The van der Waals surface area contributed by atoms with Gasteiger partial charge in [0.05, 0.1) is 0 Å². The summed E-state index contributed by atoms with van der Waals surface area (Å²) in [4.78, 5) is 4.82. The van der Waals surface area contributed by atoms with E-state index in [-0.39, 0.29) is 0 Å². The second-order valence-electron chi connectivity index (χ2n) is 3.19. The molecule has 1 heterocycles. The largest absolute Gasteiger partial charge is 0.331 e. The van der Waals surface area contributed by atoms with E-state index in [1.807, 2.05) is 0 Å². The lowest BCUT2D eigenvalue weighted by molar-refractivity contribution is 0.461. The lowest BCUT2D eigenvalue weighted by Crippen LogP contribution is -2.30. The zero-order chi connectivity index (χ0) is 8.10. The van der Waals surface area contributed by atoms with Crippen LogP contribution >= 0.6 is 0 Å². The SMILES string of the molecule is CCCN1[B]N(CCC)CC1. The highest BCUT2D eigenvalue weighted by Crippen LogP contribution is 2.02. The fraction of sp³-hybridized carbons (Fsp3) is 1.00. The Kier molecular flexibility index (Phi) is 3.94. The van der Waals surface area contributed by atoms with Crippen molar-refractivity contribution in [2.75, 3.05) is 26.2 Å². The van der Waals surface area contributed by atoms with E-state index in [4.69, 9.17) is 0 Å². The molecule has 1 radical (unpaired) electrons. The topological polar surface area (TPSA) is 6.48 Å². The van der Waals surface area contributed by atoms with Gasteiger partial charge in [-0.2, -0.15) is 0 Å². The molecule has 1 aliphatic rings. The zero-order valence-electron chi connectivity index (χ0n) is 7.71. The van der Waals surface area contributed by atoms with Gasteiger partial charge in [0, 0.05) is 0 Å². The minimum absolute atomic E-state index is 1.22. The van der Waals surface area contributed by atoms with Crippen LogP contribution in [0.15, 0.2) is 0 Å². The van der Waals surface area contributed by atoms with Crippen molar-refractivity contribution in [3.63, 3.8) is 0 Å². The highest BCUT2D eigenvalue weighted by Gasteiger charge is 2.19. The molecule has 2 nitrogen and oxygen atoms in total. The van der Waals surface area contributed by atoms with Crippen LogP contribution in [0, 0.1) is 0 Å². The van der Waals surface area contributed by atoms with E-state index >= 15 is 0 Å². The van der Waals surface area contributed by atoms with Crippen molar-refractivity contribution in [2.45, 2.75) is 26.7 Å². The van der Waals surface area contributed by atoms with E-state index in [0.29, 0.717) is 0 Å².